The number of nitrogens with zero attached hydrogens (tertiary/aromatic N) is 1. The first kappa shape index (κ1) is 17.9. The second kappa shape index (κ2) is 7.17. The number of carbonyl (C=O) groups excluding carboxylic acids is 3. The van der Waals surface area contributed by atoms with Gasteiger partial charge in [0.05, 0.1) is 0 Å². The fraction of sp³-hybridized carbons (Fsp3) is 0.211. The Morgan fingerprint density at radius 3 is 2.42 bits per heavy atom. The molecule has 0 radical (unpaired) electrons. The second-order valence-electron chi connectivity index (χ2n) is 6.22. The summed E-state index contributed by atoms with van der Waals surface area (Å²) in [7, 11) is 0. The van der Waals surface area contributed by atoms with E-state index >= 15 is 0 Å². The van der Waals surface area contributed by atoms with Crippen LogP contribution in [0.5, 0.6) is 0 Å². The number of halogens is 1. The van der Waals surface area contributed by atoms with Gasteiger partial charge in [-0.1, -0.05) is 54.1 Å². The average molecular weight is 372 g/mol. The minimum absolute atomic E-state index is 0.287. The molecule has 0 bridgehead atoms. The van der Waals surface area contributed by atoms with Crippen molar-refractivity contribution in [3.63, 3.8) is 0 Å². The Labute approximate surface area is 156 Å². The van der Waals surface area contributed by atoms with Crippen molar-refractivity contribution in [2.45, 2.75) is 19.0 Å². The van der Waals surface area contributed by atoms with Gasteiger partial charge in [0.25, 0.3) is 5.91 Å². The SMILES string of the molecule is CC1(c2ccccc2)NC(=O)N(CC(=O)NCc2ccc(Cl)cc2)C1=O. The minimum Gasteiger partial charge on any atom is -0.350 e. The van der Waals surface area contributed by atoms with Crippen LogP contribution in [0.2, 0.25) is 5.02 Å². The van der Waals surface area contributed by atoms with Crippen LogP contribution in [-0.2, 0) is 21.7 Å². The number of urea groups is 1. The van der Waals surface area contributed by atoms with Crippen LogP contribution in [0.25, 0.3) is 0 Å². The lowest BCUT2D eigenvalue weighted by Crippen LogP contribution is -2.43. The van der Waals surface area contributed by atoms with E-state index < -0.39 is 23.4 Å². The molecule has 1 saturated heterocycles. The van der Waals surface area contributed by atoms with Crippen LogP contribution in [0.3, 0.4) is 0 Å². The smallest absolute Gasteiger partial charge is 0.325 e. The topological polar surface area (TPSA) is 78.5 Å². The first-order chi connectivity index (χ1) is 12.4. The Morgan fingerprint density at radius 2 is 1.77 bits per heavy atom. The average Bonchev–Trinajstić information content (AvgIpc) is 2.86. The van der Waals surface area contributed by atoms with Gasteiger partial charge >= 0.3 is 6.03 Å². The molecule has 0 saturated carbocycles. The number of benzene rings is 2. The zero-order chi connectivity index (χ0) is 18.7. The van der Waals surface area contributed by atoms with E-state index in [1.54, 1.807) is 55.5 Å². The van der Waals surface area contributed by atoms with Crippen molar-refractivity contribution in [1.29, 1.82) is 0 Å². The molecule has 1 heterocycles. The Balaban J connectivity index is 1.64. The molecule has 0 aliphatic carbocycles. The minimum atomic E-state index is -1.17. The summed E-state index contributed by atoms with van der Waals surface area (Å²) in [6.45, 7) is 1.59. The highest BCUT2D eigenvalue weighted by Crippen LogP contribution is 2.28. The van der Waals surface area contributed by atoms with E-state index in [4.69, 9.17) is 11.6 Å². The summed E-state index contributed by atoms with van der Waals surface area (Å²) < 4.78 is 0. The molecule has 1 aliphatic rings. The summed E-state index contributed by atoms with van der Waals surface area (Å²) in [6, 6.07) is 15.4. The Bertz CT molecular complexity index is 839. The van der Waals surface area contributed by atoms with E-state index in [2.05, 4.69) is 10.6 Å². The summed E-state index contributed by atoms with van der Waals surface area (Å²) in [6.07, 6.45) is 0. The molecule has 2 aromatic carbocycles. The molecule has 3 rings (SSSR count). The van der Waals surface area contributed by atoms with Crippen molar-refractivity contribution >= 4 is 29.4 Å². The predicted molar refractivity (Wildman–Crippen MR) is 97.3 cm³/mol. The zero-order valence-corrected chi connectivity index (χ0v) is 14.9. The molecule has 0 aromatic heterocycles. The maximum absolute atomic E-state index is 12.7. The number of amides is 4. The standard InChI is InChI=1S/C19H18ClN3O3/c1-19(14-5-3-2-4-6-14)17(25)23(18(26)22-19)12-16(24)21-11-13-7-9-15(20)10-8-13/h2-10H,11-12H2,1H3,(H,21,24)(H,22,26). The fourth-order valence-electron chi connectivity index (χ4n) is 2.81. The van der Waals surface area contributed by atoms with Gasteiger partial charge < -0.3 is 10.6 Å². The first-order valence-corrected chi connectivity index (χ1v) is 8.49. The lowest BCUT2D eigenvalue weighted by molar-refractivity contribution is -0.134. The van der Waals surface area contributed by atoms with Gasteiger partial charge in [0, 0.05) is 11.6 Å². The van der Waals surface area contributed by atoms with Crippen LogP contribution in [0, 0.1) is 0 Å². The third kappa shape index (κ3) is 3.55. The van der Waals surface area contributed by atoms with E-state index in [0.29, 0.717) is 10.6 Å². The molecule has 2 N–H and O–H groups in total. The highest BCUT2D eigenvalue weighted by atomic mass is 35.5. The lowest BCUT2D eigenvalue weighted by Gasteiger charge is -2.22. The fourth-order valence-corrected chi connectivity index (χ4v) is 2.94. The monoisotopic (exact) mass is 371 g/mol. The highest BCUT2D eigenvalue weighted by molar-refractivity contribution is 6.30. The molecular formula is C19H18ClN3O3. The number of rotatable bonds is 5. The van der Waals surface area contributed by atoms with Gasteiger partial charge in [-0.25, -0.2) is 4.79 Å². The molecule has 1 atom stereocenters. The van der Waals surface area contributed by atoms with Crippen LogP contribution in [0.15, 0.2) is 54.6 Å². The Morgan fingerprint density at radius 1 is 1.12 bits per heavy atom. The van der Waals surface area contributed by atoms with E-state index in [1.165, 1.54) is 0 Å². The molecule has 1 aliphatic heterocycles. The van der Waals surface area contributed by atoms with Crippen molar-refractivity contribution in [2.75, 3.05) is 6.54 Å². The maximum atomic E-state index is 12.7. The normalized spacial score (nSPS) is 19.4. The molecular weight excluding hydrogens is 354 g/mol. The zero-order valence-electron chi connectivity index (χ0n) is 14.2. The molecule has 4 amide bonds. The van der Waals surface area contributed by atoms with Crippen LogP contribution in [0.4, 0.5) is 4.79 Å². The summed E-state index contributed by atoms with van der Waals surface area (Å²) in [5.74, 6) is -0.865. The molecule has 1 unspecified atom stereocenters. The number of carbonyl (C=O) groups is 3. The first-order valence-electron chi connectivity index (χ1n) is 8.11. The van der Waals surface area contributed by atoms with Crippen LogP contribution >= 0.6 is 11.6 Å². The van der Waals surface area contributed by atoms with Gasteiger partial charge in [-0.2, -0.15) is 0 Å². The van der Waals surface area contributed by atoms with Gasteiger partial charge in [0.1, 0.15) is 12.1 Å². The van der Waals surface area contributed by atoms with E-state index in [0.717, 1.165) is 10.5 Å². The van der Waals surface area contributed by atoms with E-state index in [1.807, 2.05) is 6.07 Å². The summed E-state index contributed by atoms with van der Waals surface area (Å²) >= 11 is 5.82. The maximum Gasteiger partial charge on any atom is 0.325 e. The van der Waals surface area contributed by atoms with Crippen LogP contribution in [-0.4, -0.2) is 29.3 Å². The molecule has 26 heavy (non-hydrogen) atoms. The van der Waals surface area contributed by atoms with Crippen molar-refractivity contribution in [3.05, 3.63) is 70.7 Å². The predicted octanol–water partition coefficient (Wildman–Crippen LogP) is 2.42. The summed E-state index contributed by atoms with van der Waals surface area (Å²) in [4.78, 5) is 38.1. The molecule has 1 fully saturated rings. The van der Waals surface area contributed by atoms with Crippen molar-refractivity contribution < 1.29 is 14.4 Å². The van der Waals surface area contributed by atoms with Crippen molar-refractivity contribution in [1.82, 2.24) is 15.5 Å². The third-order valence-corrected chi connectivity index (χ3v) is 4.58. The summed E-state index contributed by atoms with van der Waals surface area (Å²) in [5.41, 5.74) is 0.367. The molecule has 0 spiro atoms. The third-order valence-electron chi connectivity index (χ3n) is 4.33. The molecule has 2 aromatic rings. The van der Waals surface area contributed by atoms with E-state index in [9.17, 15) is 14.4 Å². The van der Waals surface area contributed by atoms with E-state index in [-0.39, 0.29) is 13.1 Å². The van der Waals surface area contributed by atoms with Crippen molar-refractivity contribution in [3.8, 4) is 0 Å². The Kier molecular flexibility index (Phi) is 4.95. The van der Waals surface area contributed by atoms with Gasteiger partial charge in [-0.3, -0.25) is 14.5 Å². The quantitative estimate of drug-likeness (QED) is 0.792. The number of imide groups is 1. The number of hydrogen-bond acceptors (Lipinski definition) is 3. The van der Waals surface area contributed by atoms with Crippen LogP contribution in [0.1, 0.15) is 18.1 Å². The molecule has 6 nitrogen and oxygen atoms in total. The van der Waals surface area contributed by atoms with Gasteiger partial charge in [0.2, 0.25) is 5.91 Å². The Hall–Kier alpha value is -2.86. The van der Waals surface area contributed by atoms with Crippen LogP contribution < -0.4 is 10.6 Å². The highest BCUT2D eigenvalue weighted by Gasteiger charge is 2.49. The van der Waals surface area contributed by atoms with Gasteiger partial charge in [0.15, 0.2) is 0 Å². The second-order valence-corrected chi connectivity index (χ2v) is 6.65. The molecule has 134 valence electrons. The number of nitrogens with one attached hydrogen (secondary N) is 2. The lowest BCUT2D eigenvalue weighted by atomic mass is 9.92. The summed E-state index contributed by atoms with van der Waals surface area (Å²) in [5, 5.41) is 5.98. The molecule has 7 heteroatoms. The largest absolute Gasteiger partial charge is 0.350 e. The van der Waals surface area contributed by atoms with Gasteiger partial charge in [-0.05, 0) is 30.2 Å². The van der Waals surface area contributed by atoms with Crippen molar-refractivity contribution in [2.24, 2.45) is 0 Å². The van der Waals surface area contributed by atoms with Gasteiger partial charge in [-0.15, -0.1) is 0 Å². The number of hydrogen-bond donors (Lipinski definition) is 2.